The van der Waals surface area contributed by atoms with Crippen molar-refractivity contribution >= 4 is 22.2 Å². The number of nitrogens with zero attached hydrogens (tertiary/aromatic N) is 1. The summed E-state index contributed by atoms with van der Waals surface area (Å²) in [7, 11) is 0. The Hall–Kier alpha value is -2.48. The number of amides is 1. The number of furan rings is 1. The molecule has 1 atom stereocenters. The molecule has 1 aliphatic heterocycles. The van der Waals surface area contributed by atoms with E-state index in [0.717, 1.165) is 35.6 Å². The third-order valence-electron chi connectivity index (χ3n) is 5.02. The lowest BCUT2D eigenvalue weighted by atomic mass is 9.97. The Morgan fingerprint density at radius 3 is 2.66 bits per heavy atom. The van der Waals surface area contributed by atoms with E-state index in [2.05, 4.69) is 23.2 Å². The Kier molecular flexibility index (Phi) is 6.08. The highest BCUT2D eigenvalue weighted by molar-refractivity contribution is 7.16. The summed E-state index contributed by atoms with van der Waals surface area (Å²) in [5, 5.41) is 3.82. The third-order valence-corrected chi connectivity index (χ3v) is 6.23. The predicted molar refractivity (Wildman–Crippen MR) is 111 cm³/mol. The van der Waals surface area contributed by atoms with Crippen molar-refractivity contribution in [1.82, 2.24) is 4.90 Å². The van der Waals surface area contributed by atoms with Gasteiger partial charge in [0, 0.05) is 23.5 Å². The number of aryl methyl sites for hydroxylation is 1. The predicted octanol–water partition coefficient (Wildman–Crippen LogP) is 4.72. The SMILES string of the molecule is CCc1cc([C@H](c2ccc(F)cc2)N2CCOCC2)c(NC(=O)c2ccco2)s1. The number of ether oxygens (including phenoxy) is 1. The van der Waals surface area contributed by atoms with Gasteiger partial charge in [-0.1, -0.05) is 19.1 Å². The highest BCUT2D eigenvalue weighted by atomic mass is 32.1. The molecule has 1 aromatic carbocycles. The Bertz CT molecular complexity index is 947. The van der Waals surface area contributed by atoms with Crippen LogP contribution in [0.4, 0.5) is 9.39 Å². The van der Waals surface area contributed by atoms with Gasteiger partial charge in [-0.05, 0) is 42.3 Å². The molecule has 29 heavy (non-hydrogen) atoms. The first kappa shape index (κ1) is 19.8. The van der Waals surface area contributed by atoms with E-state index in [0.29, 0.717) is 13.2 Å². The fourth-order valence-corrected chi connectivity index (χ4v) is 4.60. The Balaban J connectivity index is 1.73. The summed E-state index contributed by atoms with van der Waals surface area (Å²) in [5.41, 5.74) is 2.00. The van der Waals surface area contributed by atoms with Crippen molar-refractivity contribution in [2.24, 2.45) is 0 Å². The second-order valence-corrected chi connectivity index (χ2v) is 8.02. The van der Waals surface area contributed by atoms with Crippen LogP contribution in [0, 0.1) is 5.82 Å². The molecule has 4 rings (SSSR count). The first-order chi connectivity index (χ1) is 14.2. The van der Waals surface area contributed by atoms with Crippen LogP contribution in [-0.4, -0.2) is 37.1 Å². The highest BCUT2D eigenvalue weighted by Crippen LogP contribution is 2.40. The number of nitrogens with one attached hydrogen (secondary N) is 1. The van der Waals surface area contributed by atoms with Gasteiger partial charge < -0.3 is 14.5 Å². The number of carbonyl (C=O) groups excluding carboxylic acids is 1. The first-order valence-electron chi connectivity index (χ1n) is 9.70. The van der Waals surface area contributed by atoms with Crippen molar-refractivity contribution in [2.45, 2.75) is 19.4 Å². The standard InChI is InChI=1S/C22H23FN2O3S/c1-2-17-14-18(22(29-17)24-21(26)19-4-3-11-28-19)20(25-9-12-27-13-10-25)15-5-7-16(23)8-6-15/h3-8,11,14,20H,2,9-10,12-13H2,1H3,(H,24,26)/t20-/m0/s1. The topological polar surface area (TPSA) is 54.7 Å². The molecule has 0 aliphatic carbocycles. The maximum Gasteiger partial charge on any atom is 0.291 e. The number of carbonyl (C=O) groups is 1. The smallest absolute Gasteiger partial charge is 0.291 e. The Morgan fingerprint density at radius 1 is 1.24 bits per heavy atom. The van der Waals surface area contributed by atoms with Gasteiger partial charge in [0.25, 0.3) is 5.91 Å². The van der Waals surface area contributed by atoms with E-state index >= 15 is 0 Å². The molecule has 152 valence electrons. The van der Waals surface area contributed by atoms with Gasteiger partial charge in [-0.3, -0.25) is 9.69 Å². The van der Waals surface area contributed by atoms with Crippen LogP contribution in [0.3, 0.4) is 0 Å². The van der Waals surface area contributed by atoms with Crippen LogP contribution in [-0.2, 0) is 11.2 Å². The first-order valence-corrected chi connectivity index (χ1v) is 10.5. The molecular formula is C22H23FN2O3S. The van der Waals surface area contributed by atoms with Crippen LogP contribution < -0.4 is 5.32 Å². The molecule has 5 nitrogen and oxygen atoms in total. The fraction of sp³-hybridized carbons (Fsp3) is 0.318. The van der Waals surface area contributed by atoms with Crippen molar-refractivity contribution in [1.29, 1.82) is 0 Å². The van der Waals surface area contributed by atoms with E-state index in [4.69, 9.17) is 9.15 Å². The van der Waals surface area contributed by atoms with Crippen molar-refractivity contribution in [2.75, 3.05) is 31.6 Å². The number of anilines is 1. The molecule has 0 radical (unpaired) electrons. The zero-order valence-corrected chi connectivity index (χ0v) is 17.0. The van der Waals surface area contributed by atoms with Crippen molar-refractivity contribution < 1.29 is 18.3 Å². The lowest BCUT2D eigenvalue weighted by Gasteiger charge is -2.35. The van der Waals surface area contributed by atoms with Gasteiger partial charge in [0.1, 0.15) is 10.8 Å². The second-order valence-electron chi connectivity index (χ2n) is 6.88. The molecule has 7 heteroatoms. The average Bonchev–Trinajstić information content (AvgIpc) is 3.41. The normalized spacial score (nSPS) is 15.9. The molecule has 0 bridgehead atoms. The molecule has 0 saturated carbocycles. The summed E-state index contributed by atoms with van der Waals surface area (Å²) in [5.74, 6) is -0.270. The van der Waals surface area contributed by atoms with E-state index in [1.54, 1.807) is 23.5 Å². The minimum absolute atomic E-state index is 0.0945. The van der Waals surface area contributed by atoms with Gasteiger partial charge in [-0.2, -0.15) is 0 Å². The minimum atomic E-state index is -0.277. The molecule has 2 aromatic heterocycles. The van der Waals surface area contributed by atoms with Crippen LogP contribution >= 0.6 is 11.3 Å². The largest absolute Gasteiger partial charge is 0.459 e. The van der Waals surface area contributed by atoms with Gasteiger partial charge in [-0.25, -0.2) is 4.39 Å². The summed E-state index contributed by atoms with van der Waals surface area (Å²) in [6.45, 7) is 4.93. The lowest BCUT2D eigenvalue weighted by molar-refractivity contribution is 0.0241. The van der Waals surface area contributed by atoms with Crippen LogP contribution in [0.1, 0.15) is 39.5 Å². The molecule has 0 spiro atoms. The highest BCUT2D eigenvalue weighted by Gasteiger charge is 2.29. The number of morpholine rings is 1. The summed E-state index contributed by atoms with van der Waals surface area (Å²) in [6, 6.07) is 12.0. The molecule has 1 saturated heterocycles. The van der Waals surface area contributed by atoms with E-state index in [-0.39, 0.29) is 23.5 Å². The van der Waals surface area contributed by atoms with Gasteiger partial charge in [0.2, 0.25) is 0 Å². The average molecular weight is 415 g/mol. The number of hydrogen-bond donors (Lipinski definition) is 1. The molecule has 1 amide bonds. The molecular weight excluding hydrogens is 391 g/mol. The molecule has 3 aromatic rings. The Morgan fingerprint density at radius 2 is 2.00 bits per heavy atom. The lowest BCUT2D eigenvalue weighted by Crippen LogP contribution is -2.39. The quantitative estimate of drug-likeness (QED) is 0.634. The molecule has 1 N–H and O–H groups in total. The number of hydrogen-bond acceptors (Lipinski definition) is 5. The van der Waals surface area contributed by atoms with Gasteiger partial charge in [0.05, 0.1) is 25.5 Å². The molecule has 0 unspecified atom stereocenters. The van der Waals surface area contributed by atoms with E-state index in [9.17, 15) is 9.18 Å². The van der Waals surface area contributed by atoms with Gasteiger partial charge >= 0.3 is 0 Å². The van der Waals surface area contributed by atoms with E-state index < -0.39 is 0 Å². The Labute approximate surface area is 173 Å². The van der Waals surface area contributed by atoms with Crippen LogP contribution in [0.5, 0.6) is 0 Å². The van der Waals surface area contributed by atoms with E-state index in [1.165, 1.54) is 23.3 Å². The molecule has 1 aliphatic rings. The van der Waals surface area contributed by atoms with Gasteiger partial charge in [-0.15, -0.1) is 11.3 Å². The van der Waals surface area contributed by atoms with Gasteiger partial charge in [0.15, 0.2) is 5.76 Å². The summed E-state index contributed by atoms with van der Waals surface area (Å²) in [4.78, 5) is 16.1. The summed E-state index contributed by atoms with van der Waals surface area (Å²) in [6.07, 6.45) is 2.35. The second kappa shape index (κ2) is 8.90. The monoisotopic (exact) mass is 414 g/mol. The van der Waals surface area contributed by atoms with Crippen molar-refractivity contribution in [3.05, 3.63) is 76.3 Å². The fourth-order valence-electron chi connectivity index (χ4n) is 3.57. The van der Waals surface area contributed by atoms with Crippen LogP contribution in [0.15, 0.2) is 53.1 Å². The van der Waals surface area contributed by atoms with Crippen molar-refractivity contribution in [3.63, 3.8) is 0 Å². The minimum Gasteiger partial charge on any atom is -0.459 e. The van der Waals surface area contributed by atoms with E-state index in [1.807, 2.05) is 12.1 Å². The maximum absolute atomic E-state index is 13.6. The van der Waals surface area contributed by atoms with Crippen LogP contribution in [0.25, 0.3) is 0 Å². The number of thiophene rings is 1. The third kappa shape index (κ3) is 4.42. The van der Waals surface area contributed by atoms with Crippen molar-refractivity contribution in [3.8, 4) is 0 Å². The number of halogens is 1. The zero-order chi connectivity index (χ0) is 20.2. The van der Waals surface area contributed by atoms with Crippen LogP contribution in [0.2, 0.25) is 0 Å². The maximum atomic E-state index is 13.6. The molecule has 1 fully saturated rings. The summed E-state index contributed by atoms with van der Waals surface area (Å²) >= 11 is 1.57. The summed E-state index contributed by atoms with van der Waals surface area (Å²) < 4.78 is 24.3. The zero-order valence-electron chi connectivity index (χ0n) is 16.2. The number of benzene rings is 1. The molecule has 3 heterocycles. The number of rotatable bonds is 6.